The zero-order valence-corrected chi connectivity index (χ0v) is 11.0. The van der Waals surface area contributed by atoms with Gasteiger partial charge in [0.05, 0.1) is 7.11 Å². The summed E-state index contributed by atoms with van der Waals surface area (Å²) >= 11 is 3.02. The lowest BCUT2D eigenvalue weighted by Gasteiger charge is -2.04. The van der Waals surface area contributed by atoms with Crippen molar-refractivity contribution in [3.8, 4) is 0 Å². The molecule has 0 spiro atoms. The predicted octanol–water partition coefficient (Wildman–Crippen LogP) is 0.488. The van der Waals surface area contributed by atoms with Gasteiger partial charge in [-0.2, -0.15) is 0 Å². The van der Waals surface area contributed by atoms with E-state index >= 15 is 0 Å². The molecule has 0 radical (unpaired) electrons. The number of carbonyl (C=O) groups is 3. The minimum absolute atomic E-state index is 0.0253. The van der Waals surface area contributed by atoms with E-state index in [1.165, 1.54) is 19.2 Å². The van der Waals surface area contributed by atoms with E-state index in [2.05, 4.69) is 30.7 Å². The molecule has 0 aromatic carbocycles. The smallest absolute Gasteiger partial charge is 0.374 e. The molecule has 0 atom stereocenters. The lowest BCUT2D eigenvalue weighted by molar-refractivity contribution is -0.141. The summed E-state index contributed by atoms with van der Waals surface area (Å²) in [5.74, 6) is -2.00. The van der Waals surface area contributed by atoms with Gasteiger partial charge >= 0.3 is 11.9 Å². The zero-order valence-electron chi connectivity index (χ0n) is 9.40. The Balaban J connectivity index is 2.30. The fraction of sp³-hybridized carbons (Fsp3) is 0.300. The van der Waals surface area contributed by atoms with Gasteiger partial charge in [-0.3, -0.25) is 9.59 Å². The topological polar surface area (TPSA) is 94.8 Å². The quantitative estimate of drug-likeness (QED) is 0.793. The molecule has 0 aliphatic heterocycles. The van der Waals surface area contributed by atoms with Crippen LogP contribution in [0.1, 0.15) is 10.6 Å². The van der Waals surface area contributed by atoms with Gasteiger partial charge in [-0.1, -0.05) is 0 Å². The Morgan fingerprint density at radius 2 is 2.11 bits per heavy atom. The first-order valence-electron chi connectivity index (χ1n) is 4.79. The van der Waals surface area contributed by atoms with Crippen molar-refractivity contribution in [1.29, 1.82) is 0 Å². The number of hydrogen-bond acceptors (Lipinski definition) is 6. The number of esters is 2. The van der Waals surface area contributed by atoms with Gasteiger partial charge in [-0.05, 0) is 28.1 Å². The monoisotopic (exact) mass is 319 g/mol. The molecule has 7 nitrogen and oxygen atoms in total. The molecule has 1 aromatic heterocycles. The number of carbonyl (C=O) groups excluding carboxylic acids is 3. The highest BCUT2D eigenvalue weighted by atomic mass is 79.9. The summed E-state index contributed by atoms with van der Waals surface area (Å²) < 4.78 is 14.3. The van der Waals surface area contributed by atoms with Gasteiger partial charge in [0.15, 0.2) is 11.3 Å². The van der Waals surface area contributed by atoms with Crippen LogP contribution >= 0.6 is 15.9 Å². The van der Waals surface area contributed by atoms with Gasteiger partial charge in [0, 0.05) is 0 Å². The first-order chi connectivity index (χ1) is 8.52. The lowest BCUT2D eigenvalue weighted by atomic mass is 10.4. The molecule has 98 valence electrons. The molecule has 0 aliphatic rings. The van der Waals surface area contributed by atoms with Crippen LogP contribution in [0.2, 0.25) is 0 Å². The summed E-state index contributed by atoms with van der Waals surface area (Å²) in [5.41, 5.74) is 0. The van der Waals surface area contributed by atoms with Gasteiger partial charge in [0.1, 0.15) is 6.54 Å². The molecule has 1 heterocycles. The van der Waals surface area contributed by atoms with E-state index < -0.39 is 24.5 Å². The first-order valence-corrected chi connectivity index (χ1v) is 5.58. The van der Waals surface area contributed by atoms with Gasteiger partial charge in [0.25, 0.3) is 5.91 Å². The third kappa shape index (κ3) is 4.58. The van der Waals surface area contributed by atoms with Crippen LogP contribution in [0.4, 0.5) is 0 Å². The SMILES string of the molecule is COC(=O)CNC(=O)COC(=O)c1ccc(Br)o1. The summed E-state index contributed by atoms with van der Waals surface area (Å²) in [6.45, 7) is -0.784. The van der Waals surface area contributed by atoms with E-state index in [1.807, 2.05) is 0 Å². The molecule has 1 amide bonds. The normalized spacial score (nSPS) is 9.67. The number of ether oxygens (including phenoxy) is 2. The number of halogens is 1. The summed E-state index contributed by atoms with van der Waals surface area (Å²) in [5, 5.41) is 2.21. The summed E-state index contributed by atoms with van der Waals surface area (Å²) in [6, 6.07) is 2.92. The van der Waals surface area contributed by atoms with Crippen LogP contribution in [0.25, 0.3) is 0 Å². The molecule has 0 saturated carbocycles. The molecule has 0 fully saturated rings. The second-order valence-corrected chi connectivity index (χ2v) is 3.81. The van der Waals surface area contributed by atoms with Crippen molar-refractivity contribution < 1.29 is 28.3 Å². The maximum atomic E-state index is 11.3. The Hall–Kier alpha value is -1.83. The fourth-order valence-corrected chi connectivity index (χ4v) is 1.23. The minimum atomic E-state index is -0.770. The Morgan fingerprint density at radius 3 is 2.67 bits per heavy atom. The lowest BCUT2D eigenvalue weighted by Crippen LogP contribution is -2.33. The van der Waals surface area contributed by atoms with Gasteiger partial charge < -0.3 is 19.2 Å². The predicted molar refractivity (Wildman–Crippen MR) is 61.7 cm³/mol. The molecule has 0 unspecified atom stereocenters. The summed E-state index contributed by atoms with van der Waals surface area (Å²) in [4.78, 5) is 33.2. The Labute approximate surface area is 111 Å². The maximum Gasteiger partial charge on any atom is 0.374 e. The Bertz CT molecular complexity index is 455. The number of furan rings is 1. The van der Waals surface area contributed by atoms with Crippen LogP contribution in [0, 0.1) is 0 Å². The third-order valence-corrected chi connectivity index (χ3v) is 2.19. The van der Waals surface area contributed by atoms with Crippen LogP contribution in [0.15, 0.2) is 21.2 Å². The van der Waals surface area contributed by atoms with Gasteiger partial charge in [-0.25, -0.2) is 4.79 Å². The molecule has 18 heavy (non-hydrogen) atoms. The van der Waals surface area contributed by atoms with Crippen molar-refractivity contribution in [2.24, 2.45) is 0 Å². The maximum absolute atomic E-state index is 11.3. The molecule has 1 N–H and O–H groups in total. The van der Waals surface area contributed by atoms with Gasteiger partial charge in [0.2, 0.25) is 5.76 Å². The fourth-order valence-electron chi connectivity index (χ4n) is 0.920. The molecule has 0 bridgehead atoms. The average Bonchev–Trinajstić information content (AvgIpc) is 2.79. The van der Waals surface area contributed by atoms with Crippen molar-refractivity contribution >= 4 is 33.8 Å². The van der Waals surface area contributed by atoms with Crippen LogP contribution in [0.3, 0.4) is 0 Å². The second kappa shape index (κ2) is 6.80. The van der Waals surface area contributed by atoms with Crippen molar-refractivity contribution in [1.82, 2.24) is 5.32 Å². The van der Waals surface area contributed by atoms with E-state index in [4.69, 9.17) is 4.42 Å². The Kier molecular flexibility index (Phi) is 5.37. The summed E-state index contributed by atoms with van der Waals surface area (Å²) in [7, 11) is 1.20. The Morgan fingerprint density at radius 1 is 1.39 bits per heavy atom. The first kappa shape index (κ1) is 14.2. The zero-order chi connectivity index (χ0) is 13.5. The highest BCUT2D eigenvalue weighted by Gasteiger charge is 2.14. The molecular formula is C10H10BrNO6. The molecule has 0 aliphatic carbocycles. The van der Waals surface area contributed by atoms with Gasteiger partial charge in [-0.15, -0.1) is 0 Å². The van der Waals surface area contributed by atoms with E-state index in [9.17, 15) is 14.4 Å². The number of hydrogen-bond donors (Lipinski definition) is 1. The molecular weight excluding hydrogens is 310 g/mol. The van der Waals surface area contributed by atoms with E-state index in [1.54, 1.807) is 0 Å². The van der Waals surface area contributed by atoms with E-state index in [-0.39, 0.29) is 12.3 Å². The molecule has 8 heteroatoms. The van der Waals surface area contributed by atoms with Crippen LogP contribution < -0.4 is 5.32 Å². The standard InChI is InChI=1S/C10H10BrNO6/c1-16-9(14)4-12-8(13)5-17-10(15)6-2-3-7(11)18-6/h2-3H,4-5H2,1H3,(H,12,13). The summed E-state index contributed by atoms with van der Waals surface area (Å²) in [6.07, 6.45) is 0. The average molecular weight is 320 g/mol. The van der Waals surface area contributed by atoms with Crippen molar-refractivity contribution in [3.63, 3.8) is 0 Å². The van der Waals surface area contributed by atoms with E-state index in [0.29, 0.717) is 4.67 Å². The molecule has 1 rings (SSSR count). The largest absolute Gasteiger partial charge is 0.468 e. The molecule has 1 aromatic rings. The minimum Gasteiger partial charge on any atom is -0.468 e. The van der Waals surface area contributed by atoms with Crippen LogP contribution in [-0.4, -0.2) is 38.1 Å². The highest BCUT2D eigenvalue weighted by Crippen LogP contribution is 2.14. The second-order valence-electron chi connectivity index (χ2n) is 3.03. The number of methoxy groups -OCH3 is 1. The van der Waals surface area contributed by atoms with E-state index in [0.717, 1.165) is 0 Å². The number of amides is 1. The van der Waals surface area contributed by atoms with Crippen molar-refractivity contribution in [2.45, 2.75) is 0 Å². The third-order valence-electron chi connectivity index (χ3n) is 1.77. The van der Waals surface area contributed by atoms with Crippen molar-refractivity contribution in [2.75, 3.05) is 20.3 Å². The number of rotatable bonds is 5. The van der Waals surface area contributed by atoms with Crippen molar-refractivity contribution in [3.05, 3.63) is 22.6 Å². The van der Waals surface area contributed by atoms with Crippen LogP contribution in [-0.2, 0) is 19.1 Å². The highest BCUT2D eigenvalue weighted by molar-refractivity contribution is 9.10. The van der Waals surface area contributed by atoms with Crippen LogP contribution in [0.5, 0.6) is 0 Å². The number of nitrogens with one attached hydrogen (secondary N) is 1. The molecule has 0 saturated heterocycles.